The lowest BCUT2D eigenvalue weighted by molar-refractivity contribution is 0.0372. The van der Waals surface area contributed by atoms with Gasteiger partial charge in [0.05, 0.1) is 0 Å². The van der Waals surface area contributed by atoms with Gasteiger partial charge in [-0.1, -0.05) is 32.9 Å². The fourth-order valence-electron chi connectivity index (χ4n) is 5.12. The second kappa shape index (κ2) is 2.90. The maximum absolute atomic E-state index is 4.40. The molecule has 0 aromatic carbocycles. The molecular formula is C15H24. The Labute approximate surface area is 94.1 Å². The van der Waals surface area contributed by atoms with Crippen molar-refractivity contribution in [2.75, 3.05) is 0 Å². The molecule has 3 saturated carbocycles. The lowest BCUT2D eigenvalue weighted by Gasteiger charge is -2.50. The van der Waals surface area contributed by atoms with Crippen LogP contribution in [0.2, 0.25) is 0 Å². The summed E-state index contributed by atoms with van der Waals surface area (Å²) >= 11 is 0. The van der Waals surface area contributed by atoms with Gasteiger partial charge in [0.2, 0.25) is 0 Å². The van der Waals surface area contributed by atoms with Crippen LogP contribution in [0, 0.1) is 35.0 Å². The first-order chi connectivity index (χ1) is 7.04. The monoisotopic (exact) mass is 204 g/mol. The van der Waals surface area contributed by atoms with Gasteiger partial charge in [-0.3, -0.25) is 0 Å². The summed E-state index contributed by atoms with van der Waals surface area (Å²) in [4.78, 5) is 0. The average molecular weight is 204 g/mol. The van der Waals surface area contributed by atoms with Crippen LogP contribution < -0.4 is 0 Å². The maximum Gasteiger partial charge on any atom is -0.00850 e. The Hall–Kier alpha value is -0.260. The molecule has 5 unspecified atom stereocenters. The fourth-order valence-corrected chi connectivity index (χ4v) is 5.12. The highest BCUT2D eigenvalue weighted by atomic mass is 14.6. The van der Waals surface area contributed by atoms with Crippen LogP contribution >= 0.6 is 0 Å². The summed E-state index contributed by atoms with van der Waals surface area (Å²) in [7, 11) is 0. The third kappa shape index (κ3) is 1.09. The van der Waals surface area contributed by atoms with Crippen LogP contribution in [0.15, 0.2) is 12.2 Å². The molecule has 15 heavy (non-hydrogen) atoms. The Balaban J connectivity index is 1.93. The summed E-state index contributed by atoms with van der Waals surface area (Å²) < 4.78 is 0. The molecular weight excluding hydrogens is 180 g/mol. The molecule has 3 aliphatic rings. The predicted molar refractivity (Wildman–Crippen MR) is 64.5 cm³/mol. The minimum atomic E-state index is 0.541. The van der Waals surface area contributed by atoms with Crippen molar-refractivity contribution in [2.45, 2.75) is 46.5 Å². The first kappa shape index (κ1) is 9.93. The van der Waals surface area contributed by atoms with E-state index in [4.69, 9.17) is 0 Å². The Morgan fingerprint density at radius 1 is 1.33 bits per heavy atom. The molecule has 0 saturated heterocycles. The van der Waals surface area contributed by atoms with Crippen LogP contribution in [0.25, 0.3) is 0 Å². The molecule has 3 aliphatic carbocycles. The highest BCUT2D eigenvalue weighted by Crippen LogP contribution is 2.68. The van der Waals surface area contributed by atoms with Crippen molar-refractivity contribution in [1.29, 1.82) is 0 Å². The van der Waals surface area contributed by atoms with Crippen molar-refractivity contribution in [3.05, 3.63) is 12.2 Å². The normalized spacial score (nSPS) is 52.9. The summed E-state index contributed by atoms with van der Waals surface area (Å²) in [5.74, 6) is 4.84. The molecule has 0 aromatic rings. The van der Waals surface area contributed by atoms with Crippen molar-refractivity contribution in [3.8, 4) is 0 Å². The zero-order valence-corrected chi connectivity index (χ0v) is 10.4. The van der Waals surface area contributed by atoms with Crippen LogP contribution in [0.1, 0.15) is 46.5 Å². The van der Waals surface area contributed by atoms with E-state index in [2.05, 4.69) is 27.4 Å². The average Bonchev–Trinajstić information content (AvgIpc) is 2.69. The summed E-state index contributed by atoms with van der Waals surface area (Å²) in [6.45, 7) is 11.8. The third-order valence-electron chi connectivity index (χ3n) is 6.06. The molecule has 0 heteroatoms. The minimum absolute atomic E-state index is 0.541. The Morgan fingerprint density at radius 2 is 2.07 bits per heavy atom. The zero-order valence-electron chi connectivity index (χ0n) is 10.4. The summed E-state index contributed by atoms with van der Waals surface area (Å²) in [5, 5.41) is 0. The Kier molecular flexibility index (Phi) is 1.92. The fraction of sp³-hybridized carbons (Fsp3) is 0.867. The highest BCUT2D eigenvalue weighted by molar-refractivity contribution is 5.27. The first-order valence-electron chi connectivity index (χ1n) is 6.73. The topological polar surface area (TPSA) is 0 Å². The molecule has 0 aromatic heterocycles. The quantitative estimate of drug-likeness (QED) is 0.559. The smallest absolute Gasteiger partial charge is 0.00850 e. The second-order valence-corrected chi connectivity index (χ2v) is 6.83. The van der Waals surface area contributed by atoms with Crippen LogP contribution in [0.5, 0.6) is 0 Å². The molecule has 84 valence electrons. The SMILES string of the molecule is C=C1C2CC3C(C(C)C)CCC1(C)C3C2. The molecule has 2 bridgehead atoms. The number of fused-ring (bicyclic) bond motifs is 1. The van der Waals surface area contributed by atoms with E-state index in [-0.39, 0.29) is 0 Å². The standard InChI is InChI=1S/C15H24/c1-9(2)12-5-6-15(4)10(3)11-7-13(12)14(15)8-11/h9,11-14H,3,5-8H2,1-2,4H3. The van der Waals surface area contributed by atoms with Gasteiger partial charge >= 0.3 is 0 Å². The number of rotatable bonds is 1. The van der Waals surface area contributed by atoms with E-state index in [1.807, 2.05) is 0 Å². The number of allylic oxidation sites excluding steroid dienone is 1. The van der Waals surface area contributed by atoms with Gasteiger partial charge in [-0.25, -0.2) is 0 Å². The summed E-state index contributed by atoms with van der Waals surface area (Å²) in [6, 6.07) is 0. The van der Waals surface area contributed by atoms with Crippen molar-refractivity contribution in [1.82, 2.24) is 0 Å². The molecule has 3 rings (SSSR count). The van der Waals surface area contributed by atoms with Gasteiger partial charge in [-0.2, -0.15) is 0 Å². The summed E-state index contributed by atoms with van der Waals surface area (Å²) in [6.07, 6.45) is 5.83. The van der Waals surface area contributed by atoms with Gasteiger partial charge in [-0.15, -0.1) is 0 Å². The molecule has 0 heterocycles. The molecule has 0 aliphatic heterocycles. The molecule has 0 N–H and O–H groups in total. The Bertz CT molecular complexity index is 301. The lowest BCUT2D eigenvalue weighted by atomic mass is 9.55. The van der Waals surface area contributed by atoms with Gasteiger partial charge in [-0.05, 0) is 60.7 Å². The molecule has 0 nitrogen and oxygen atoms in total. The Morgan fingerprint density at radius 3 is 2.67 bits per heavy atom. The predicted octanol–water partition coefficient (Wildman–Crippen LogP) is 4.27. The highest BCUT2D eigenvalue weighted by Gasteiger charge is 2.59. The van der Waals surface area contributed by atoms with Gasteiger partial charge < -0.3 is 0 Å². The largest absolute Gasteiger partial charge is 0.0990 e. The van der Waals surface area contributed by atoms with Gasteiger partial charge in [0.15, 0.2) is 0 Å². The van der Waals surface area contributed by atoms with E-state index in [9.17, 15) is 0 Å². The molecule has 0 spiro atoms. The van der Waals surface area contributed by atoms with E-state index in [0.29, 0.717) is 5.41 Å². The van der Waals surface area contributed by atoms with Crippen molar-refractivity contribution >= 4 is 0 Å². The van der Waals surface area contributed by atoms with Crippen molar-refractivity contribution in [2.24, 2.45) is 35.0 Å². The number of hydrogen-bond donors (Lipinski definition) is 0. The van der Waals surface area contributed by atoms with Crippen LogP contribution in [-0.4, -0.2) is 0 Å². The third-order valence-corrected chi connectivity index (χ3v) is 6.06. The molecule has 0 radical (unpaired) electrons. The van der Waals surface area contributed by atoms with E-state index < -0.39 is 0 Å². The second-order valence-electron chi connectivity index (χ2n) is 6.83. The molecule has 3 fully saturated rings. The summed E-state index contributed by atoms with van der Waals surface area (Å²) in [5.41, 5.74) is 2.16. The molecule has 0 amide bonds. The van der Waals surface area contributed by atoms with Crippen molar-refractivity contribution in [3.63, 3.8) is 0 Å². The first-order valence-corrected chi connectivity index (χ1v) is 6.73. The number of hydrogen-bond acceptors (Lipinski definition) is 0. The van der Waals surface area contributed by atoms with Gasteiger partial charge in [0, 0.05) is 0 Å². The van der Waals surface area contributed by atoms with E-state index in [0.717, 1.165) is 29.6 Å². The van der Waals surface area contributed by atoms with E-state index in [1.54, 1.807) is 5.57 Å². The van der Waals surface area contributed by atoms with Crippen molar-refractivity contribution < 1.29 is 0 Å². The van der Waals surface area contributed by atoms with E-state index >= 15 is 0 Å². The minimum Gasteiger partial charge on any atom is -0.0990 e. The zero-order chi connectivity index (χ0) is 10.8. The molecule has 5 atom stereocenters. The van der Waals surface area contributed by atoms with Gasteiger partial charge in [0.1, 0.15) is 0 Å². The maximum atomic E-state index is 4.40. The van der Waals surface area contributed by atoms with E-state index in [1.165, 1.54) is 25.7 Å². The lowest BCUT2D eigenvalue weighted by Crippen LogP contribution is -2.42. The van der Waals surface area contributed by atoms with Gasteiger partial charge in [0.25, 0.3) is 0 Å². The van der Waals surface area contributed by atoms with Crippen LogP contribution in [0.3, 0.4) is 0 Å². The van der Waals surface area contributed by atoms with Crippen LogP contribution in [0.4, 0.5) is 0 Å². The van der Waals surface area contributed by atoms with Crippen LogP contribution in [-0.2, 0) is 0 Å².